The molecule has 0 bridgehead atoms. The number of pyridine rings is 1. The van der Waals surface area contributed by atoms with Crippen molar-refractivity contribution < 1.29 is 19.4 Å². The van der Waals surface area contributed by atoms with Crippen molar-refractivity contribution >= 4 is 22.6 Å². The lowest BCUT2D eigenvalue weighted by atomic mass is 9.95. The predicted octanol–water partition coefficient (Wildman–Crippen LogP) is 1.62. The number of hydrogen-bond donors (Lipinski definition) is 3. The van der Waals surface area contributed by atoms with Crippen LogP contribution in [0.25, 0.3) is 21.9 Å². The van der Waals surface area contributed by atoms with Crippen LogP contribution in [-0.2, 0) is 4.79 Å². The lowest BCUT2D eigenvalue weighted by molar-refractivity contribution is -0.123. The Bertz CT molecular complexity index is 1140. The van der Waals surface area contributed by atoms with Crippen LogP contribution in [0.1, 0.15) is 16.2 Å². The molecule has 1 aromatic heterocycles. The van der Waals surface area contributed by atoms with E-state index in [0.29, 0.717) is 22.1 Å². The third-order valence-electron chi connectivity index (χ3n) is 4.65. The van der Waals surface area contributed by atoms with E-state index >= 15 is 0 Å². The minimum atomic E-state index is -1.14. The molecule has 0 unspecified atom stereocenters. The van der Waals surface area contributed by atoms with Gasteiger partial charge in [-0.3, -0.25) is 9.59 Å². The number of benzene rings is 2. The van der Waals surface area contributed by atoms with Crippen molar-refractivity contribution in [1.82, 2.24) is 15.6 Å². The summed E-state index contributed by atoms with van der Waals surface area (Å²) in [4.78, 5) is 29.1. The minimum Gasteiger partial charge on any atom is -0.497 e. The number of nitrogens with zero attached hydrogens (tertiary/aromatic N) is 2. The fourth-order valence-electron chi connectivity index (χ4n) is 3.17. The number of aromatic nitrogens is 1. The van der Waals surface area contributed by atoms with Crippen LogP contribution in [0, 0.1) is 11.3 Å². The second kappa shape index (κ2) is 9.03. The maximum atomic E-state index is 12.9. The number of amides is 2. The first-order valence-corrected chi connectivity index (χ1v) is 9.14. The highest BCUT2D eigenvalue weighted by Gasteiger charge is 2.24. The molecule has 152 valence electrons. The van der Waals surface area contributed by atoms with Crippen LogP contribution < -0.4 is 15.4 Å². The first-order chi connectivity index (χ1) is 14.5. The molecule has 3 rings (SSSR count). The van der Waals surface area contributed by atoms with Crippen molar-refractivity contribution in [2.24, 2.45) is 0 Å². The summed E-state index contributed by atoms with van der Waals surface area (Å²) in [6, 6.07) is 15.3. The predicted molar refractivity (Wildman–Crippen MR) is 111 cm³/mol. The molecule has 0 radical (unpaired) electrons. The molecule has 3 N–H and O–H groups in total. The van der Waals surface area contributed by atoms with Crippen LogP contribution in [-0.4, -0.2) is 48.7 Å². The molecule has 8 heteroatoms. The van der Waals surface area contributed by atoms with Gasteiger partial charge in [0.2, 0.25) is 5.91 Å². The van der Waals surface area contributed by atoms with E-state index in [1.54, 1.807) is 18.2 Å². The van der Waals surface area contributed by atoms with Gasteiger partial charge in [-0.1, -0.05) is 30.3 Å². The number of hydrogen-bond acceptors (Lipinski definition) is 6. The average Bonchev–Trinajstić information content (AvgIpc) is 2.80. The minimum absolute atomic E-state index is 0.0220. The molecule has 3 aromatic rings. The van der Waals surface area contributed by atoms with Crippen LogP contribution >= 0.6 is 0 Å². The van der Waals surface area contributed by atoms with Gasteiger partial charge in [0.15, 0.2) is 0 Å². The van der Waals surface area contributed by atoms with E-state index in [0.717, 1.165) is 5.56 Å². The third-order valence-corrected chi connectivity index (χ3v) is 4.65. The second-order valence-corrected chi connectivity index (χ2v) is 6.40. The molecule has 0 aliphatic heterocycles. The first-order valence-electron chi connectivity index (χ1n) is 9.14. The highest BCUT2D eigenvalue weighted by Crippen LogP contribution is 2.34. The molecule has 2 aromatic carbocycles. The number of aliphatic hydroxyl groups excluding tert-OH is 1. The van der Waals surface area contributed by atoms with Crippen LogP contribution in [0.4, 0.5) is 0 Å². The molecule has 30 heavy (non-hydrogen) atoms. The fraction of sp³-hybridized carbons (Fsp3) is 0.182. The van der Waals surface area contributed by atoms with Gasteiger partial charge in [-0.15, -0.1) is 0 Å². The Labute approximate surface area is 173 Å². The number of ether oxygens (including phenoxy) is 1. The summed E-state index contributed by atoms with van der Waals surface area (Å²) < 4.78 is 5.33. The van der Waals surface area contributed by atoms with Gasteiger partial charge in [0.05, 0.1) is 13.7 Å². The Morgan fingerprint density at radius 3 is 2.53 bits per heavy atom. The number of likely N-dealkylation sites (N-methyl/N-ethyl adjacent to an activating group) is 1. The highest BCUT2D eigenvalue weighted by molar-refractivity contribution is 6.11. The lowest BCUT2D eigenvalue weighted by Crippen LogP contribution is -2.48. The molecule has 0 saturated heterocycles. The van der Waals surface area contributed by atoms with Gasteiger partial charge < -0.3 is 20.5 Å². The SMILES string of the molecule is CNC(=O)[C@H](CO)NC(=O)c1nc(C#N)c(-c2ccccc2)c2cc(OC)ccc12. The quantitative estimate of drug-likeness (QED) is 0.573. The van der Waals surface area contributed by atoms with E-state index in [-0.39, 0.29) is 11.4 Å². The van der Waals surface area contributed by atoms with E-state index in [4.69, 9.17) is 4.74 Å². The second-order valence-electron chi connectivity index (χ2n) is 6.40. The van der Waals surface area contributed by atoms with E-state index in [1.165, 1.54) is 14.2 Å². The van der Waals surface area contributed by atoms with Crippen LogP contribution in [0.15, 0.2) is 48.5 Å². The van der Waals surface area contributed by atoms with Gasteiger partial charge >= 0.3 is 0 Å². The molecular formula is C22H20N4O4. The summed E-state index contributed by atoms with van der Waals surface area (Å²) in [5, 5.41) is 25.1. The van der Waals surface area contributed by atoms with Crippen LogP contribution in [0.2, 0.25) is 0 Å². The van der Waals surface area contributed by atoms with Gasteiger partial charge in [-0.25, -0.2) is 4.98 Å². The zero-order chi connectivity index (χ0) is 21.7. The topological polar surface area (TPSA) is 124 Å². The average molecular weight is 404 g/mol. The Hall–Kier alpha value is -3.96. The van der Waals surface area contributed by atoms with Crippen molar-refractivity contribution in [3.8, 4) is 22.9 Å². The maximum Gasteiger partial charge on any atom is 0.271 e. The molecular weight excluding hydrogens is 384 g/mol. The van der Waals surface area contributed by atoms with E-state index in [2.05, 4.69) is 21.7 Å². The van der Waals surface area contributed by atoms with Gasteiger partial charge in [-0.05, 0) is 29.1 Å². The summed E-state index contributed by atoms with van der Waals surface area (Å²) in [7, 11) is 2.93. The summed E-state index contributed by atoms with van der Waals surface area (Å²) >= 11 is 0. The number of nitrogens with one attached hydrogen (secondary N) is 2. The first kappa shape index (κ1) is 20.8. The summed E-state index contributed by atoms with van der Waals surface area (Å²) in [6.45, 7) is -0.579. The monoisotopic (exact) mass is 404 g/mol. The number of fused-ring (bicyclic) bond motifs is 1. The van der Waals surface area contributed by atoms with E-state index in [9.17, 15) is 20.0 Å². The van der Waals surface area contributed by atoms with Gasteiger partial charge in [0.1, 0.15) is 29.2 Å². The Morgan fingerprint density at radius 1 is 1.20 bits per heavy atom. The molecule has 2 amide bonds. The molecule has 1 heterocycles. The van der Waals surface area contributed by atoms with Crippen molar-refractivity contribution in [2.75, 3.05) is 20.8 Å². The number of carbonyl (C=O) groups excluding carboxylic acids is 2. The zero-order valence-corrected chi connectivity index (χ0v) is 16.5. The molecule has 0 saturated carbocycles. The summed E-state index contributed by atoms with van der Waals surface area (Å²) in [5.74, 6) is -0.665. The van der Waals surface area contributed by atoms with Gasteiger partial charge in [-0.2, -0.15) is 5.26 Å². The number of aliphatic hydroxyl groups is 1. The number of rotatable bonds is 6. The van der Waals surface area contributed by atoms with Crippen molar-refractivity contribution in [2.45, 2.75) is 6.04 Å². The zero-order valence-electron chi connectivity index (χ0n) is 16.5. The lowest BCUT2D eigenvalue weighted by Gasteiger charge is -2.17. The van der Waals surface area contributed by atoms with Crippen LogP contribution in [0.3, 0.4) is 0 Å². The molecule has 0 spiro atoms. The number of nitriles is 1. The number of carbonyl (C=O) groups is 2. The molecule has 0 aliphatic carbocycles. The largest absolute Gasteiger partial charge is 0.497 e. The molecule has 1 atom stereocenters. The smallest absolute Gasteiger partial charge is 0.271 e. The molecule has 0 fully saturated rings. The van der Waals surface area contributed by atoms with Gasteiger partial charge in [0.25, 0.3) is 5.91 Å². The number of methoxy groups -OCH3 is 1. The van der Waals surface area contributed by atoms with Gasteiger partial charge in [0, 0.05) is 18.0 Å². The van der Waals surface area contributed by atoms with E-state index in [1.807, 2.05) is 30.3 Å². The third kappa shape index (κ3) is 3.92. The fourth-order valence-corrected chi connectivity index (χ4v) is 3.17. The normalized spacial score (nSPS) is 11.4. The Balaban J connectivity index is 2.23. The van der Waals surface area contributed by atoms with Crippen molar-refractivity contribution in [1.29, 1.82) is 5.26 Å². The Morgan fingerprint density at radius 2 is 1.93 bits per heavy atom. The summed E-state index contributed by atoms with van der Waals surface area (Å²) in [5.41, 5.74) is 1.39. The highest BCUT2D eigenvalue weighted by atomic mass is 16.5. The standard InChI is InChI=1S/C22H20N4O4/c1-24-21(28)18(12-27)26-22(29)20-15-9-8-14(30-2)10-16(15)19(17(11-23)25-20)13-6-4-3-5-7-13/h3-10,18,27H,12H2,1-2H3,(H,24,28)(H,26,29)/t18-/m0/s1. The Kier molecular flexibility index (Phi) is 6.25. The van der Waals surface area contributed by atoms with E-state index < -0.39 is 24.5 Å². The molecule has 8 nitrogen and oxygen atoms in total. The van der Waals surface area contributed by atoms with Crippen molar-refractivity contribution in [3.05, 3.63) is 59.9 Å². The molecule has 0 aliphatic rings. The van der Waals surface area contributed by atoms with Crippen LogP contribution in [0.5, 0.6) is 5.75 Å². The maximum absolute atomic E-state index is 12.9. The van der Waals surface area contributed by atoms with Crippen molar-refractivity contribution in [3.63, 3.8) is 0 Å². The summed E-state index contributed by atoms with van der Waals surface area (Å²) in [6.07, 6.45) is 0.